The average Bonchev–Trinajstić information content (AvgIpc) is 2.67. The molecule has 128 valence electrons. The van der Waals surface area contributed by atoms with E-state index in [1.165, 1.54) is 24.3 Å². The fourth-order valence-corrected chi connectivity index (χ4v) is 3.35. The van der Waals surface area contributed by atoms with Gasteiger partial charge in [-0.25, -0.2) is 0 Å². The molecule has 3 N–H and O–H groups in total. The summed E-state index contributed by atoms with van der Waals surface area (Å²) in [6.45, 7) is 0. The Morgan fingerprint density at radius 1 is 0.654 bits per heavy atom. The Labute approximate surface area is 147 Å². The van der Waals surface area contributed by atoms with E-state index in [0.717, 1.165) is 0 Å². The summed E-state index contributed by atoms with van der Waals surface area (Å²) in [7, 11) is 0. The highest BCUT2D eigenvalue weighted by atomic mass is 16.3. The second-order valence-electron chi connectivity index (χ2n) is 6.01. The highest BCUT2D eigenvalue weighted by Crippen LogP contribution is 2.41. The molecule has 0 radical (unpaired) electrons. The maximum Gasteiger partial charge on any atom is 0.237 e. The topological polar surface area (TPSA) is 112 Å². The molecule has 2 aliphatic rings. The largest absolute Gasteiger partial charge is 0.507 e. The van der Waals surface area contributed by atoms with Crippen LogP contribution in [0.2, 0.25) is 0 Å². The Morgan fingerprint density at radius 2 is 1.23 bits per heavy atom. The lowest BCUT2D eigenvalue weighted by atomic mass is 9.78. The number of fused-ring (bicyclic) bond motifs is 2. The molecule has 1 unspecified atom stereocenters. The fraction of sp³-hybridized carbons (Fsp3) is 0.0500. The van der Waals surface area contributed by atoms with Gasteiger partial charge in [-0.1, -0.05) is 48.5 Å². The van der Waals surface area contributed by atoms with Crippen LogP contribution in [-0.4, -0.2) is 32.7 Å². The number of allylic oxidation sites excluding steroid dienone is 1. The zero-order valence-electron chi connectivity index (χ0n) is 13.3. The van der Waals surface area contributed by atoms with E-state index in [-0.39, 0.29) is 22.3 Å². The number of hydrogen-bond acceptors (Lipinski definition) is 6. The Balaban J connectivity index is 2.01. The summed E-state index contributed by atoms with van der Waals surface area (Å²) < 4.78 is 0. The zero-order valence-corrected chi connectivity index (χ0v) is 13.3. The van der Waals surface area contributed by atoms with Gasteiger partial charge in [0, 0.05) is 22.3 Å². The SMILES string of the molecule is O=C1C(=O)c2ccccc2C(O)=C1C1=C(O)C(=O)c2ccccc2C1O. The standard InChI is InChI=1S/C20H12O6/c21-15-9-5-1-3-7-11(9)17(23)19(25)13(15)14-16(22)10-6-2-4-8-12(10)18(24)20(14)26/h1-8,15,21-22,25H. The number of Topliss-reactive ketones (excluding diaryl/α,β-unsaturated/α-hetero) is 3. The number of carbonyl (C=O) groups excluding carboxylic acids is 3. The third-order valence-electron chi connectivity index (χ3n) is 4.61. The molecule has 0 amide bonds. The van der Waals surface area contributed by atoms with Crippen molar-refractivity contribution in [2.45, 2.75) is 6.10 Å². The Kier molecular flexibility index (Phi) is 3.38. The molecule has 0 bridgehead atoms. The number of aliphatic hydroxyl groups excluding tert-OH is 3. The van der Waals surface area contributed by atoms with E-state index in [1.807, 2.05) is 0 Å². The first-order chi connectivity index (χ1) is 12.4. The summed E-state index contributed by atoms with van der Waals surface area (Å²) in [4.78, 5) is 37.4. The van der Waals surface area contributed by atoms with Gasteiger partial charge >= 0.3 is 0 Å². The minimum atomic E-state index is -1.54. The van der Waals surface area contributed by atoms with Crippen molar-refractivity contribution in [1.29, 1.82) is 0 Å². The van der Waals surface area contributed by atoms with E-state index >= 15 is 0 Å². The van der Waals surface area contributed by atoms with Crippen molar-refractivity contribution in [3.63, 3.8) is 0 Å². The molecule has 0 heterocycles. The molecule has 6 nitrogen and oxygen atoms in total. The molecular weight excluding hydrogens is 336 g/mol. The number of carbonyl (C=O) groups is 3. The van der Waals surface area contributed by atoms with Gasteiger partial charge in [-0.05, 0) is 5.56 Å². The van der Waals surface area contributed by atoms with Gasteiger partial charge < -0.3 is 15.3 Å². The van der Waals surface area contributed by atoms with E-state index in [4.69, 9.17) is 0 Å². The molecule has 4 rings (SSSR count). The summed E-state index contributed by atoms with van der Waals surface area (Å²) in [6, 6.07) is 12.0. The van der Waals surface area contributed by atoms with Crippen LogP contribution < -0.4 is 0 Å². The first kappa shape index (κ1) is 16.0. The molecule has 26 heavy (non-hydrogen) atoms. The molecule has 6 heteroatoms. The van der Waals surface area contributed by atoms with Crippen molar-refractivity contribution in [1.82, 2.24) is 0 Å². The minimum absolute atomic E-state index is 0.0239. The maximum absolute atomic E-state index is 12.6. The highest BCUT2D eigenvalue weighted by molar-refractivity contribution is 6.53. The third kappa shape index (κ3) is 1.99. The summed E-state index contributed by atoms with van der Waals surface area (Å²) in [6.07, 6.45) is -1.54. The van der Waals surface area contributed by atoms with Crippen LogP contribution in [-0.2, 0) is 4.79 Å². The molecule has 2 aromatic carbocycles. The van der Waals surface area contributed by atoms with Gasteiger partial charge in [0.25, 0.3) is 0 Å². The molecule has 0 fully saturated rings. The lowest BCUT2D eigenvalue weighted by Gasteiger charge is -2.27. The monoisotopic (exact) mass is 348 g/mol. The van der Waals surface area contributed by atoms with Gasteiger partial charge in [0.15, 0.2) is 5.76 Å². The normalized spacial score (nSPS) is 19.6. The summed E-state index contributed by atoms with van der Waals surface area (Å²) >= 11 is 0. The van der Waals surface area contributed by atoms with Crippen LogP contribution in [0.15, 0.2) is 65.4 Å². The predicted octanol–water partition coefficient (Wildman–Crippen LogP) is 2.46. The zero-order chi connectivity index (χ0) is 18.6. The smallest absolute Gasteiger partial charge is 0.237 e. The second kappa shape index (κ2) is 5.50. The van der Waals surface area contributed by atoms with Crippen molar-refractivity contribution in [2.75, 3.05) is 0 Å². The quantitative estimate of drug-likeness (QED) is 0.683. The van der Waals surface area contributed by atoms with E-state index in [0.29, 0.717) is 0 Å². The number of hydrogen-bond donors (Lipinski definition) is 3. The molecule has 0 saturated heterocycles. The van der Waals surface area contributed by atoms with Crippen LogP contribution in [0.25, 0.3) is 5.76 Å². The Hall–Kier alpha value is -3.51. The molecular formula is C20H12O6. The van der Waals surface area contributed by atoms with Crippen LogP contribution >= 0.6 is 0 Å². The van der Waals surface area contributed by atoms with Crippen LogP contribution in [0, 0.1) is 0 Å². The van der Waals surface area contributed by atoms with Crippen LogP contribution in [0.5, 0.6) is 0 Å². The molecule has 0 spiro atoms. The van der Waals surface area contributed by atoms with Crippen molar-refractivity contribution in [3.05, 3.63) is 87.7 Å². The van der Waals surface area contributed by atoms with Gasteiger partial charge in [-0.2, -0.15) is 0 Å². The summed E-state index contributed by atoms with van der Waals surface area (Å²) in [5.41, 5.74) is -0.608. The summed E-state index contributed by atoms with van der Waals surface area (Å²) in [5, 5.41) is 31.6. The van der Waals surface area contributed by atoms with Crippen molar-refractivity contribution in [3.8, 4) is 0 Å². The van der Waals surface area contributed by atoms with Gasteiger partial charge in [-0.15, -0.1) is 0 Å². The lowest BCUT2D eigenvalue weighted by Crippen LogP contribution is -2.30. The van der Waals surface area contributed by atoms with E-state index in [9.17, 15) is 29.7 Å². The first-order valence-corrected chi connectivity index (χ1v) is 7.80. The highest BCUT2D eigenvalue weighted by Gasteiger charge is 2.42. The number of benzene rings is 2. The van der Waals surface area contributed by atoms with Crippen LogP contribution in [0.4, 0.5) is 0 Å². The molecule has 2 aromatic rings. The van der Waals surface area contributed by atoms with Crippen LogP contribution in [0.3, 0.4) is 0 Å². The Bertz CT molecular complexity index is 1070. The molecule has 0 aliphatic heterocycles. The first-order valence-electron chi connectivity index (χ1n) is 7.80. The van der Waals surface area contributed by atoms with E-state index < -0.39 is 46.1 Å². The van der Waals surface area contributed by atoms with Gasteiger partial charge in [0.05, 0.1) is 5.57 Å². The van der Waals surface area contributed by atoms with Crippen molar-refractivity contribution >= 4 is 23.1 Å². The number of ketones is 3. The number of rotatable bonds is 1. The predicted molar refractivity (Wildman–Crippen MR) is 90.7 cm³/mol. The number of aliphatic hydroxyl groups is 3. The summed E-state index contributed by atoms with van der Waals surface area (Å²) in [5.74, 6) is -4.18. The van der Waals surface area contributed by atoms with E-state index in [2.05, 4.69) is 0 Å². The average molecular weight is 348 g/mol. The van der Waals surface area contributed by atoms with Crippen molar-refractivity contribution in [2.24, 2.45) is 0 Å². The molecule has 0 saturated carbocycles. The molecule has 1 atom stereocenters. The van der Waals surface area contributed by atoms with Gasteiger partial charge in [0.2, 0.25) is 17.3 Å². The van der Waals surface area contributed by atoms with Gasteiger partial charge in [0.1, 0.15) is 11.9 Å². The fourth-order valence-electron chi connectivity index (χ4n) is 3.35. The molecule has 0 aromatic heterocycles. The Morgan fingerprint density at radius 3 is 1.92 bits per heavy atom. The van der Waals surface area contributed by atoms with E-state index in [1.54, 1.807) is 24.3 Å². The van der Waals surface area contributed by atoms with Crippen molar-refractivity contribution < 1.29 is 29.7 Å². The maximum atomic E-state index is 12.6. The minimum Gasteiger partial charge on any atom is -0.507 e. The lowest BCUT2D eigenvalue weighted by molar-refractivity contribution is -0.111. The third-order valence-corrected chi connectivity index (χ3v) is 4.61. The molecule has 2 aliphatic carbocycles. The van der Waals surface area contributed by atoms with Gasteiger partial charge in [-0.3, -0.25) is 14.4 Å². The second-order valence-corrected chi connectivity index (χ2v) is 6.01. The van der Waals surface area contributed by atoms with Crippen LogP contribution in [0.1, 0.15) is 37.9 Å².